The fraction of sp³-hybridized carbons (Fsp3) is 0.800. The fourth-order valence-electron chi connectivity index (χ4n) is 3.08. The van der Waals surface area contributed by atoms with Crippen LogP contribution in [0.1, 0.15) is 63.0 Å². The molecule has 0 saturated heterocycles. The maximum absolute atomic E-state index is 4.61. The number of hydrogen-bond acceptors (Lipinski definition) is 2. The minimum absolute atomic E-state index is 0.402. The minimum Gasteiger partial charge on any atom is -0.308 e. The molecule has 0 bridgehead atoms. The van der Waals surface area contributed by atoms with E-state index in [-0.39, 0.29) is 0 Å². The molecule has 0 radical (unpaired) electrons. The second-order valence-corrected chi connectivity index (χ2v) is 5.87. The van der Waals surface area contributed by atoms with E-state index >= 15 is 0 Å². The van der Waals surface area contributed by atoms with Gasteiger partial charge in [0.2, 0.25) is 0 Å². The van der Waals surface area contributed by atoms with Crippen LogP contribution in [0.2, 0.25) is 0 Å². The van der Waals surface area contributed by atoms with Gasteiger partial charge in [-0.2, -0.15) is 5.10 Å². The van der Waals surface area contributed by atoms with Crippen LogP contribution in [0.15, 0.2) is 0 Å². The molecule has 1 saturated carbocycles. The largest absolute Gasteiger partial charge is 0.308 e. The van der Waals surface area contributed by atoms with Crippen LogP contribution in [0.5, 0.6) is 0 Å². The Hall–Kier alpha value is -0.830. The summed E-state index contributed by atoms with van der Waals surface area (Å²) in [6, 6.07) is 1.01. The monoisotopic (exact) mass is 249 g/mol. The van der Waals surface area contributed by atoms with E-state index in [0.29, 0.717) is 12.1 Å². The molecule has 1 N–H and O–H groups in total. The molecular formula is C15H27N3. The Morgan fingerprint density at radius 3 is 2.50 bits per heavy atom. The molecule has 3 nitrogen and oxygen atoms in total. The summed E-state index contributed by atoms with van der Waals surface area (Å²) in [7, 11) is 0. The maximum Gasteiger partial charge on any atom is 0.0644 e. The van der Waals surface area contributed by atoms with Crippen LogP contribution in [0, 0.1) is 19.8 Å². The van der Waals surface area contributed by atoms with Crippen molar-refractivity contribution in [1.29, 1.82) is 0 Å². The summed E-state index contributed by atoms with van der Waals surface area (Å²) in [6.07, 6.45) is 4.20. The highest BCUT2D eigenvalue weighted by Crippen LogP contribution is 2.34. The first-order chi connectivity index (χ1) is 8.52. The first kappa shape index (κ1) is 13.6. The molecule has 2 rings (SSSR count). The first-order valence-corrected chi connectivity index (χ1v) is 7.32. The van der Waals surface area contributed by atoms with Crippen LogP contribution in [0.3, 0.4) is 0 Å². The number of aryl methyl sites for hydroxylation is 2. The van der Waals surface area contributed by atoms with Gasteiger partial charge in [-0.15, -0.1) is 0 Å². The lowest BCUT2D eigenvalue weighted by Gasteiger charge is -2.20. The van der Waals surface area contributed by atoms with E-state index in [2.05, 4.69) is 49.7 Å². The smallest absolute Gasteiger partial charge is 0.0644 e. The van der Waals surface area contributed by atoms with E-state index in [1.54, 1.807) is 0 Å². The molecule has 0 aromatic carbocycles. The second-order valence-electron chi connectivity index (χ2n) is 5.87. The maximum atomic E-state index is 4.61. The number of nitrogens with one attached hydrogen (secondary N) is 1. The molecule has 1 aliphatic rings. The van der Waals surface area contributed by atoms with Gasteiger partial charge in [0.15, 0.2) is 0 Å². The van der Waals surface area contributed by atoms with E-state index < -0.39 is 0 Å². The van der Waals surface area contributed by atoms with Gasteiger partial charge in [-0.05, 0) is 47.0 Å². The normalized spacial score (nSPS) is 18.9. The predicted octanol–water partition coefficient (Wildman–Crippen LogP) is 3.36. The number of nitrogens with zero attached hydrogens (tertiary/aromatic N) is 2. The number of rotatable bonds is 6. The summed E-state index contributed by atoms with van der Waals surface area (Å²) in [4.78, 5) is 0. The Bertz CT molecular complexity index is 404. The zero-order valence-corrected chi connectivity index (χ0v) is 12.5. The average molecular weight is 249 g/mol. The number of hydrogen-bond donors (Lipinski definition) is 1. The van der Waals surface area contributed by atoms with Gasteiger partial charge in [0.05, 0.1) is 5.69 Å². The highest BCUT2D eigenvalue weighted by atomic mass is 15.3. The van der Waals surface area contributed by atoms with Crippen molar-refractivity contribution in [3.05, 3.63) is 17.0 Å². The fourth-order valence-corrected chi connectivity index (χ4v) is 3.08. The third-order valence-corrected chi connectivity index (χ3v) is 4.09. The lowest BCUT2D eigenvalue weighted by Crippen LogP contribution is -2.30. The number of aromatic nitrogens is 2. The van der Waals surface area contributed by atoms with Gasteiger partial charge in [0.25, 0.3) is 0 Å². The van der Waals surface area contributed by atoms with Crippen LogP contribution in [-0.4, -0.2) is 15.8 Å². The molecule has 2 atom stereocenters. The van der Waals surface area contributed by atoms with Crippen LogP contribution in [0.25, 0.3) is 0 Å². The van der Waals surface area contributed by atoms with Crippen LogP contribution in [0.4, 0.5) is 0 Å². The third-order valence-electron chi connectivity index (χ3n) is 4.09. The topological polar surface area (TPSA) is 29.9 Å². The Morgan fingerprint density at radius 2 is 2.00 bits per heavy atom. The lowest BCUT2D eigenvalue weighted by molar-refractivity contribution is 0.436. The van der Waals surface area contributed by atoms with E-state index in [0.717, 1.165) is 12.5 Å². The van der Waals surface area contributed by atoms with Crippen LogP contribution in [-0.2, 0) is 6.54 Å². The minimum atomic E-state index is 0.402. The van der Waals surface area contributed by atoms with Gasteiger partial charge in [0.1, 0.15) is 0 Å². The second kappa shape index (κ2) is 5.43. The third kappa shape index (κ3) is 2.94. The molecular weight excluding hydrogens is 222 g/mol. The van der Waals surface area contributed by atoms with E-state index in [4.69, 9.17) is 0 Å². The van der Waals surface area contributed by atoms with Gasteiger partial charge in [0, 0.05) is 29.9 Å². The van der Waals surface area contributed by atoms with Crippen molar-refractivity contribution in [3.8, 4) is 0 Å². The Morgan fingerprint density at radius 1 is 1.33 bits per heavy atom. The predicted molar refractivity (Wildman–Crippen MR) is 75.7 cm³/mol. The molecule has 18 heavy (non-hydrogen) atoms. The zero-order chi connectivity index (χ0) is 13.3. The van der Waals surface area contributed by atoms with Gasteiger partial charge in [-0.3, -0.25) is 4.68 Å². The van der Waals surface area contributed by atoms with E-state index in [1.807, 2.05) is 0 Å². The molecule has 3 heteroatoms. The molecule has 0 spiro atoms. The molecule has 1 heterocycles. The summed E-state index contributed by atoms with van der Waals surface area (Å²) in [5, 5.41) is 8.34. The SMILES string of the molecule is CCn1nc(C)c(C(C)NC(C)CC2CC2)c1C. The Labute approximate surface area is 111 Å². The van der Waals surface area contributed by atoms with E-state index in [9.17, 15) is 0 Å². The summed E-state index contributed by atoms with van der Waals surface area (Å²) in [5.74, 6) is 0.986. The van der Waals surface area contributed by atoms with Crippen molar-refractivity contribution in [3.63, 3.8) is 0 Å². The molecule has 102 valence electrons. The van der Waals surface area contributed by atoms with Gasteiger partial charge in [-0.1, -0.05) is 12.8 Å². The van der Waals surface area contributed by atoms with Crippen molar-refractivity contribution in [1.82, 2.24) is 15.1 Å². The summed E-state index contributed by atoms with van der Waals surface area (Å²) < 4.78 is 2.11. The van der Waals surface area contributed by atoms with Crippen LogP contribution < -0.4 is 5.32 Å². The molecule has 2 unspecified atom stereocenters. The lowest BCUT2D eigenvalue weighted by atomic mass is 10.0. The van der Waals surface area contributed by atoms with Gasteiger partial charge < -0.3 is 5.32 Å². The van der Waals surface area contributed by atoms with Crippen molar-refractivity contribution < 1.29 is 0 Å². The van der Waals surface area contributed by atoms with Crippen molar-refractivity contribution in [2.24, 2.45) is 5.92 Å². The van der Waals surface area contributed by atoms with Gasteiger partial charge in [-0.25, -0.2) is 0 Å². The molecule has 1 aliphatic carbocycles. The molecule has 1 fully saturated rings. The quantitative estimate of drug-likeness (QED) is 0.838. The van der Waals surface area contributed by atoms with E-state index in [1.165, 1.54) is 36.2 Å². The standard InChI is InChI=1S/C15H27N3/c1-6-18-13(5)15(12(4)17-18)11(3)16-10(2)9-14-7-8-14/h10-11,14,16H,6-9H2,1-5H3. The van der Waals surface area contributed by atoms with Crippen molar-refractivity contribution >= 4 is 0 Å². The molecule has 0 amide bonds. The Balaban J connectivity index is 2.02. The Kier molecular flexibility index (Phi) is 4.10. The summed E-state index contributed by atoms with van der Waals surface area (Å²) >= 11 is 0. The first-order valence-electron chi connectivity index (χ1n) is 7.32. The molecule has 0 aliphatic heterocycles. The van der Waals surface area contributed by atoms with Crippen LogP contribution >= 0.6 is 0 Å². The molecule has 1 aromatic rings. The van der Waals surface area contributed by atoms with Gasteiger partial charge >= 0.3 is 0 Å². The summed E-state index contributed by atoms with van der Waals surface area (Å²) in [6.45, 7) is 12.0. The molecule has 1 aromatic heterocycles. The highest BCUT2D eigenvalue weighted by Gasteiger charge is 2.25. The summed E-state index contributed by atoms with van der Waals surface area (Å²) in [5.41, 5.74) is 3.88. The van der Waals surface area contributed by atoms with Crippen molar-refractivity contribution in [2.75, 3.05) is 0 Å². The highest BCUT2D eigenvalue weighted by molar-refractivity contribution is 5.27. The van der Waals surface area contributed by atoms with Crippen molar-refractivity contribution in [2.45, 2.75) is 72.5 Å². The zero-order valence-electron chi connectivity index (χ0n) is 12.5. The average Bonchev–Trinajstić information content (AvgIpc) is 3.04.